The molecule has 1 amide bonds. The number of pyridine rings is 1. The number of hydrogen-bond acceptors (Lipinski definition) is 5. The van der Waals surface area contributed by atoms with Crippen molar-refractivity contribution in [2.75, 3.05) is 7.05 Å². The number of carbonyl (C=O) groups excluding carboxylic acids is 1. The van der Waals surface area contributed by atoms with Crippen molar-refractivity contribution in [1.82, 2.24) is 15.3 Å². The summed E-state index contributed by atoms with van der Waals surface area (Å²) in [6, 6.07) is 3.76. The van der Waals surface area contributed by atoms with Crippen LogP contribution >= 0.6 is 11.3 Å². The van der Waals surface area contributed by atoms with E-state index in [0.29, 0.717) is 10.6 Å². The number of hydrogen-bond donors (Lipinski definition) is 1. The van der Waals surface area contributed by atoms with Gasteiger partial charge >= 0.3 is 0 Å². The van der Waals surface area contributed by atoms with E-state index >= 15 is 0 Å². The van der Waals surface area contributed by atoms with Crippen LogP contribution in [0.5, 0.6) is 0 Å². The topological polar surface area (TPSA) is 67.2 Å². The van der Waals surface area contributed by atoms with Gasteiger partial charge in [-0.05, 0) is 19.1 Å². The van der Waals surface area contributed by atoms with E-state index in [2.05, 4.69) is 20.3 Å². The second-order valence-electron chi connectivity index (χ2n) is 3.54. The molecular weight excluding hydrogens is 248 g/mol. The average Bonchev–Trinajstić information content (AvgIpc) is 2.79. The fourth-order valence-corrected chi connectivity index (χ4v) is 2.37. The number of aryl methyl sites for hydroxylation is 1. The molecule has 5 nitrogen and oxygen atoms in total. The number of nitrogens with one attached hydrogen (secondary N) is 1. The molecule has 0 aliphatic heterocycles. The normalized spacial score (nSPS) is 10.8. The Morgan fingerprint density at radius 3 is 3.06 bits per heavy atom. The van der Waals surface area contributed by atoms with Gasteiger partial charge in [-0.1, -0.05) is 0 Å². The van der Waals surface area contributed by atoms with Crippen LogP contribution in [0.4, 0.5) is 0 Å². The predicted molar refractivity (Wildman–Crippen MR) is 72.0 cm³/mol. The van der Waals surface area contributed by atoms with Gasteiger partial charge < -0.3 is 5.32 Å². The third-order valence-corrected chi connectivity index (χ3v) is 3.44. The maximum atomic E-state index is 11.8. The molecule has 0 aliphatic rings. The largest absolute Gasteiger partial charge is 0.312 e. The number of carbonyl (C=O) groups is 1. The molecule has 18 heavy (non-hydrogen) atoms. The van der Waals surface area contributed by atoms with E-state index in [1.54, 1.807) is 19.4 Å². The van der Waals surface area contributed by atoms with E-state index in [-0.39, 0.29) is 5.91 Å². The van der Waals surface area contributed by atoms with Gasteiger partial charge in [-0.15, -0.1) is 11.3 Å². The number of nitrogens with zero attached hydrogens (tertiary/aromatic N) is 3. The van der Waals surface area contributed by atoms with Gasteiger partial charge in [-0.2, -0.15) is 0 Å². The molecule has 1 N–H and O–H groups in total. The minimum Gasteiger partial charge on any atom is -0.312 e. The Morgan fingerprint density at radius 1 is 1.56 bits per heavy atom. The first-order valence-electron chi connectivity index (χ1n) is 5.31. The van der Waals surface area contributed by atoms with Gasteiger partial charge in [-0.25, -0.2) is 4.98 Å². The predicted octanol–water partition coefficient (Wildman–Crippen LogP) is 1.90. The second-order valence-corrected chi connectivity index (χ2v) is 4.54. The van der Waals surface area contributed by atoms with Crippen molar-refractivity contribution in [1.29, 1.82) is 0 Å². The zero-order chi connectivity index (χ0) is 13.0. The van der Waals surface area contributed by atoms with Crippen molar-refractivity contribution in [2.24, 2.45) is 4.99 Å². The molecule has 92 valence electrons. The molecule has 0 saturated carbocycles. The zero-order valence-corrected chi connectivity index (χ0v) is 10.9. The summed E-state index contributed by atoms with van der Waals surface area (Å²) in [5.41, 5.74) is 1.62. The summed E-state index contributed by atoms with van der Waals surface area (Å²) in [6.45, 7) is 1.81. The molecule has 0 spiro atoms. The van der Waals surface area contributed by atoms with Crippen molar-refractivity contribution >= 4 is 23.6 Å². The van der Waals surface area contributed by atoms with Gasteiger partial charge in [0.2, 0.25) is 0 Å². The minimum absolute atomic E-state index is 0.189. The lowest BCUT2D eigenvalue weighted by molar-refractivity contribution is 0.0981. The van der Waals surface area contributed by atoms with Crippen LogP contribution in [0.3, 0.4) is 0 Å². The summed E-state index contributed by atoms with van der Waals surface area (Å²) < 4.78 is 0. The Bertz CT molecular complexity index is 577. The first-order chi connectivity index (χ1) is 8.72. The highest BCUT2D eigenvalue weighted by Crippen LogP contribution is 2.26. The Labute approximate surface area is 109 Å². The fourth-order valence-electron chi connectivity index (χ4n) is 1.41. The van der Waals surface area contributed by atoms with Crippen LogP contribution in [-0.4, -0.2) is 29.3 Å². The van der Waals surface area contributed by atoms with Gasteiger partial charge in [-0.3, -0.25) is 14.8 Å². The number of aromatic nitrogens is 2. The van der Waals surface area contributed by atoms with Crippen LogP contribution in [0.25, 0.3) is 10.6 Å². The summed E-state index contributed by atoms with van der Waals surface area (Å²) in [5, 5.41) is 3.37. The molecule has 6 heteroatoms. The van der Waals surface area contributed by atoms with Crippen molar-refractivity contribution in [2.45, 2.75) is 6.92 Å². The van der Waals surface area contributed by atoms with E-state index in [1.807, 2.05) is 19.1 Å². The summed E-state index contributed by atoms with van der Waals surface area (Å²) in [7, 11) is 1.60. The third kappa shape index (κ3) is 2.60. The van der Waals surface area contributed by atoms with Gasteiger partial charge in [0.25, 0.3) is 5.91 Å². The highest BCUT2D eigenvalue weighted by Gasteiger charge is 2.15. The fraction of sp³-hybridized carbons (Fsp3) is 0.167. The summed E-state index contributed by atoms with van der Waals surface area (Å²) in [4.78, 5) is 24.5. The molecule has 0 aliphatic carbocycles. The Hall–Kier alpha value is -2.08. The average molecular weight is 260 g/mol. The molecule has 0 bridgehead atoms. The summed E-state index contributed by atoms with van der Waals surface area (Å²) in [6.07, 6.45) is 4.80. The number of thiazole rings is 1. The van der Waals surface area contributed by atoms with E-state index in [0.717, 1.165) is 10.6 Å². The van der Waals surface area contributed by atoms with Crippen LogP contribution < -0.4 is 5.32 Å². The molecule has 2 aromatic heterocycles. The van der Waals surface area contributed by atoms with E-state index < -0.39 is 0 Å². The molecule has 0 saturated heterocycles. The molecule has 2 aromatic rings. The van der Waals surface area contributed by atoms with Crippen molar-refractivity contribution in [3.8, 4) is 10.6 Å². The molecular formula is C12H12N4OS. The Balaban J connectivity index is 2.30. The maximum absolute atomic E-state index is 11.8. The minimum atomic E-state index is -0.189. The van der Waals surface area contributed by atoms with Crippen molar-refractivity contribution < 1.29 is 4.79 Å². The molecule has 0 fully saturated rings. The quantitative estimate of drug-likeness (QED) is 0.677. The van der Waals surface area contributed by atoms with Crippen molar-refractivity contribution in [3.05, 3.63) is 35.1 Å². The lowest BCUT2D eigenvalue weighted by Crippen LogP contribution is -2.21. The van der Waals surface area contributed by atoms with E-state index in [1.165, 1.54) is 17.7 Å². The Kier molecular flexibility index (Phi) is 3.78. The number of rotatable bonds is 3. The molecule has 0 aromatic carbocycles. The van der Waals surface area contributed by atoms with Crippen LogP contribution in [0, 0.1) is 6.92 Å². The smallest absolute Gasteiger partial charge is 0.268 e. The highest BCUT2D eigenvalue weighted by atomic mass is 32.1. The van der Waals surface area contributed by atoms with E-state index in [4.69, 9.17) is 0 Å². The molecule has 2 heterocycles. The monoisotopic (exact) mass is 260 g/mol. The highest BCUT2D eigenvalue weighted by molar-refractivity contribution is 7.17. The third-order valence-electron chi connectivity index (χ3n) is 2.24. The first kappa shape index (κ1) is 12.4. The summed E-state index contributed by atoms with van der Waals surface area (Å²) >= 11 is 1.35. The zero-order valence-electron chi connectivity index (χ0n) is 10.0. The van der Waals surface area contributed by atoms with Gasteiger partial charge in [0, 0.05) is 25.0 Å². The van der Waals surface area contributed by atoms with Crippen LogP contribution in [0.15, 0.2) is 29.5 Å². The lowest BCUT2D eigenvalue weighted by Gasteiger charge is -1.95. The molecule has 0 atom stereocenters. The Morgan fingerprint density at radius 2 is 2.39 bits per heavy atom. The van der Waals surface area contributed by atoms with Crippen molar-refractivity contribution in [3.63, 3.8) is 0 Å². The van der Waals surface area contributed by atoms with Crippen LogP contribution in [0.2, 0.25) is 0 Å². The SMILES string of the molecule is CN=CNC(=O)c1sc(-c2cccnc2)nc1C. The molecule has 0 radical (unpaired) electrons. The number of amides is 1. The van der Waals surface area contributed by atoms with Crippen LogP contribution in [-0.2, 0) is 0 Å². The lowest BCUT2D eigenvalue weighted by atomic mass is 10.3. The maximum Gasteiger partial charge on any atom is 0.268 e. The van der Waals surface area contributed by atoms with Gasteiger partial charge in [0.1, 0.15) is 9.88 Å². The standard InChI is InChI=1S/C12H12N4OS/c1-8-10(11(17)15-7-13-2)18-12(16-8)9-4-3-5-14-6-9/h3-7H,1-2H3,(H,13,15,17). The van der Waals surface area contributed by atoms with Gasteiger partial charge in [0.15, 0.2) is 0 Å². The second kappa shape index (κ2) is 5.50. The summed E-state index contributed by atoms with van der Waals surface area (Å²) in [5.74, 6) is -0.189. The van der Waals surface area contributed by atoms with E-state index in [9.17, 15) is 4.79 Å². The number of aliphatic imine (C=N–C) groups is 1. The molecule has 0 unspecified atom stereocenters. The first-order valence-corrected chi connectivity index (χ1v) is 6.13. The van der Waals surface area contributed by atoms with Crippen LogP contribution in [0.1, 0.15) is 15.4 Å². The molecule has 2 rings (SSSR count). The van der Waals surface area contributed by atoms with Gasteiger partial charge in [0.05, 0.1) is 12.0 Å².